The van der Waals surface area contributed by atoms with Crippen LogP contribution >= 0.6 is 0 Å². The molecule has 0 aliphatic heterocycles. The van der Waals surface area contributed by atoms with Gasteiger partial charge in [0.25, 0.3) is 0 Å². The summed E-state index contributed by atoms with van der Waals surface area (Å²) in [6, 6.07) is 18.9. The quantitative estimate of drug-likeness (QED) is 0.886. The van der Waals surface area contributed by atoms with E-state index in [-0.39, 0.29) is 11.3 Å². The zero-order valence-corrected chi connectivity index (χ0v) is 12.5. The highest BCUT2D eigenvalue weighted by Gasteiger charge is 2.23. The Hall–Kier alpha value is -2.13. The number of rotatable bonds is 5. The molecule has 3 heteroatoms. The van der Waals surface area contributed by atoms with Crippen LogP contribution in [0.1, 0.15) is 31.0 Å². The molecule has 0 aliphatic rings. The van der Waals surface area contributed by atoms with Crippen LogP contribution in [0, 0.1) is 0 Å². The minimum Gasteiger partial charge on any atom is -0.354 e. The first-order chi connectivity index (χ1) is 10.0. The van der Waals surface area contributed by atoms with Gasteiger partial charge in [-0.1, -0.05) is 74.5 Å². The molecular weight excluding hydrogens is 260 g/mol. The van der Waals surface area contributed by atoms with Gasteiger partial charge in [0.2, 0.25) is 5.91 Å². The summed E-state index contributed by atoms with van der Waals surface area (Å²) < 4.78 is 0. The predicted octanol–water partition coefficient (Wildman–Crippen LogP) is 2.78. The molecule has 0 aliphatic carbocycles. The zero-order chi connectivity index (χ0) is 15.3. The normalized spacial score (nSPS) is 12.7. The Morgan fingerprint density at radius 3 is 2.14 bits per heavy atom. The topological polar surface area (TPSA) is 55.1 Å². The van der Waals surface area contributed by atoms with Crippen LogP contribution in [0.15, 0.2) is 60.7 Å². The van der Waals surface area contributed by atoms with E-state index in [4.69, 9.17) is 5.73 Å². The molecule has 0 unspecified atom stereocenters. The van der Waals surface area contributed by atoms with Gasteiger partial charge in [0.1, 0.15) is 6.04 Å². The van der Waals surface area contributed by atoms with Crippen LogP contribution < -0.4 is 11.1 Å². The second-order valence-electron chi connectivity index (χ2n) is 5.86. The van der Waals surface area contributed by atoms with E-state index in [0.717, 1.165) is 5.56 Å². The van der Waals surface area contributed by atoms with E-state index in [1.54, 1.807) is 0 Å². The third-order valence-electron chi connectivity index (χ3n) is 3.70. The van der Waals surface area contributed by atoms with Gasteiger partial charge in [0.05, 0.1) is 0 Å². The lowest BCUT2D eigenvalue weighted by molar-refractivity contribution is -0.122. The maximum Gasteiger partial charge on any atom is 0.241 e. The highest BCUT2D eigenvalue weighted by Crippen LogP contribution is 2.22. The van der Waals surface area contributed by atoms with E-state index >= 15 is 0 Å². The largest absolute Gasteiger partial charge is 0.354 e. The molecule has 0 saturated heterocycles. The van der Waals surface area contributed by atoms with E-state index in [9.17, 15) is 4.79 Å². The number of nitrogens with one attached hydrogen (secondary N) is 1. The van der Waals surface area contributed by atoms with Crippen LogP contribution in [0.4, 0.5) is 0 Å². The molecule has 2 aromatic carbocycles. The van der Waals surface area contributed by atoms with Crippen LogP contribution in [-0.4, -0.2) is 12.5 Å². The second-order valence-corrected chi connectivity index (χ2v) is 5.86. The minimum atomic E-state index is -0.627. The van der Waals surface area contributed by atoms with Crippen molar-refractivity contribution in [3.63, 3.8) is 0 Å². The Morgan fingerprint density at radius 1 is 1.05 bits per heavy atom. The maximum atomic E-state index is 12.2. The number of hydrogen-bond donors (Lipinski definition) is 2. The average Bonchev–Trinajstić information content (AvgIpc) is 2.53. The van der Waals surface area contributed by atoms with Gasteiger partial charge < -0.3 is 11.1 Å². The summed E-state index contributed by atoms with van der Waals surface area (Å²) in [4.78, 5) is 12.2. The van der Waals surface area contributed by atoms with Gasteiger partial charge in [-0.2, -0.15) is 0 Å². The summed E-state index contributed by atoms with van der Waals surface area (Å²) in [5.41, 5.74) is 7.88. The highest BCUT2D eigenvalue weighted by atomic mass is 16.2. The van der Waals surface area contributed by atoms with Gasteiger partial charge in [-0.15, -0.1) is 0 Å². The third kappa shape index (κ3) is 3.92. The van der Waals surface area contributed by atoms with Crippen molar-refractivity contribution >= 4 is 5.91 Å². The number of carbonyl (C=O) groups excluding carboxylic acids is 1. The van der Waals surface area contributed by atoms with Crippen LogP contribution in [-0.2, 0) is 10.2 Å². The molecule has 2 aromatic rings. The van der Waals surface area contributed by atoms with E-state index < -0.39 is 6.04 Å². The first kappa shape index (κ1) is 15.3. The summed E-state index contributed by atoms with van der Waals surface area (Å²) in [5, 5.41) is 2.96. The zero-order valence-electron chi connectivity index (χ0n) is 12.5. The fraction of sp³-hybridized carbons (Fsp3) is 0.278. The van der Waals surface area contributed by atoms with E-state index in [1.165, 1.54) is 5.56 Å². The molecule has 0 spiro atoms. The molecule has 110 valence electrons. The molecule has 0 radical (unpaired) electrons. The van der Waals surface area contributed by atoms with Crippen molar-refractivity contribution in [3.05, 3.63) is 71.8 Å². The molecular formula is C18H22N2O. The fourth-order valence-corrected chi connectivity index (χ4v) is 2.22. The van der Waals surface area contributed by atoms with Crippen molar-refractivity contribution in [2.45, 2.75) is 25.3 Å². The molecule has 3 nitrogen and oxygen atoms in total. The molecule has 0 saturated carbocycles. The Labute approximate surface area is 126 Å². The van der Waals surface area contributed by atoms with Gasteiger partial charge >= 0.3 is 0 Å². The highest BCUT2D eigenvalue weighted by molar-refractivity contribution is 5.83. The Balaban J connectivity index is 1.98. The number of hydrogen-bond acceptors (Lipinski definition) is 2. The lowest BCUT2D eigenvalue weighted by atomic mass is 9.84. The number of nitrogens with two attached hydrogens (primary N) is 1. The molecule has 1 amide bonds. The summed E-state index contributed by atoms with van der Waals surface area (Å²) in [6.45, 7) is 4.77. The molecule has 3 N–H and O–H groups in total. The Bertz CT molecular complexity index is 579. The molecule has 21 heavy (non-hydrogen) atoms. The standard InChI is InChI=1S/C18H22N2O/c1-18(2,15-11-7-4-8-12-15)13-20-17(21)16(19)14-9-5-3-6-10-14/h3-12,16H,13,19H2,1-2H3,(H,20,21)/t16-/m0/s1. The fourth-order valence-electron chi connectivity index (χ4n) is 2.22. The molecule has 0 bridgehead atoms. The van der Waals surface area contributed by atoms with Gasteiger partial charge in [-0.25, -0.2) is 0 Å². The van der Waals surface area contributed by atoms with E-state index in [1.807, 2.05) is 48.5 Å². The van der Waals surface area contributed by atoms with Crippen LogP contribution in [0.3, 0.4) is 0 Å². The van der Waals surface area contributed by atoms with E-state index in [2.05, 4.69) is 31.3 Å². The lowest BCUT2D eigenvalue weighted by Crippen LogP contribution is -2.41. The molecule has 2 rings (SSSR count). The SMILES string of the molecule is CC(C)(CNC(=O)[C@@H](N)c1ccccc1)c1ccccc1. The number of benzene rings is 2. The van der Waals surface area contributed by atoms with Crippen molar-refractivity contribution in [3.8, 4) is 0 Å². The summed E-state index contributed by atoms with van der Waals surface area (Å²) in [6.07, 6.45) is 0. The number of carbonyl (C=O) groups is 1. The van der Waals surface area contributed by atoms with Gasteiger partial charge in [0, 0.05) is 12.0 Å². The van der Waals surface area contributed by atoms with Crippen LogP contribution in [0.2, 0.25) is 0 Å². The van der Waals surface area contributed by atoms with Crippen molar-refractivity contribution in [2.75, 3.05) is 6.54 Å². The van der Waals surface area contributed by atoms with Crippen molar-refractivity contribution in [1.82, 2.24) is 5.32 Å². The Kier molecular flexibility index (Phi) is 4.76. The van der Waals surface area contributed by atoms with E-state index in [0.29, 0.717) is 6.54 Å². The van der Waals surface area contributed by atoms with Crippen molar-refractivity contribution in [1.29, 1.82) is 0 Å². The maximum absolute atomic E-state index is 12.2. The second kappa shape index (κ2) is 6.55. The van der Waals surface area contributed by atoms with Crippen molar-refractivity contribution < 1.29 is 4.79 Å². The molecule has 1 atom stereocenters. The number of amides is 1. The van der Waals surface area contributed by atoms with Crippen LogP contribution in [0.25, 0.3) is 0 Å². The molecule has 0 heterocycles. The van der Waals surface area contributed by atoms with Gasteiger partial charge in [-0.3, -0.25) is 4.79 Å². The monoisotopic (exact) mass is 282 g/mol. The third-order valence-corrected chi connectivity index (χ3v) is 3.70. The molecule has 0 fully saturated rings. The summed E-state index contributed by atoms with van der Waals surface area (Å²) in [7, 11) is 0. The first-order valence-electron chi connectivity index (χ1n) is 7.14. The van der Waals surface area contributed by atoms with Gasteiger partial charge in [0.15, 0.2) is 0 Å². The van der Waals surface area contributed by atoms with Crippen molar-refractivity contribution in [2.24, 2.45) is 5.73 Å². The summed E-state index contributed by atoms with van der Waals surface area (Å²) in [5.74, 6) is -0.148. The smallest absolute Gasteiger partial charge is 0.241 e. The Morgan fingerprint density at radius 2 is 1.57 bits per heavy atom. The summed E-state index contributed by atoms with van der Waals surface area (Å²) >= 11 is 0. The van der Waals surface area contributed by atoms with Crippen LogP contribution in [0.5, 0.6) is 0 Å². The predicted molar refractivity (Wildman–Crippen MR) is 85.8 cm³/mol. The minimum absolute atomic E-state index is 0.132. The first-order valence-corrected chi connectivity index (χ1v) is 7.14. The molecule has 0 aromatic heterocycles. The van der Waals surface area contributed by atoms with Gasteiger partial charge in [-0.05, 0) is 11.1 Å². The lowest BCUT2D eigenvalue weighted by Gasteiger charge is -2.26. The average molecular weight is 282 g/mol.